The maximum atomic E-state index is 9.50. The van der Waals surface area contributed by atoms with Crippen LogP contribution in [0.1, 0.15) is 18.4 Å². The molecule has 0 unspecified atom stereocenters. The fourth-order valence-corrected chi connectivity index (χ4v) is 3.45. The summed E-state index contributed by atoms with van der Waals surface area (Å²) in [4.78, 5) is 8.90. The van der Waals surface area contributed by atoms with Crippen LogP contribution >= 0.6 is 0 Å². The number of pyridine rings is 1. The summed E-state index contributed by atoms with van der Waals surface area (Å²) in [6, 6.07) is 14.6. The zero-order chi connectivity index (χ0) is 18.4. The van der Waals surface area contributed by atoms with E-state index in [0.717, 1.165) is 42.8 Å². The van der Waals surface area contributed by atoms with E-state index < -0.39 is 0 Å². The van der Waals surface area contributed by atoms with Gasteiger partial charge in [-0.15, -0.1) is 0 Å². The molecule has 0 amide bonds. The van der Waals surface area contributed by atoms with E-state index in [2.05, 4.69) is 33.0 Å². The first kappa shape index (κ1) is 17.7. The van der Waals surface area contributed by atoms with Crippen molar-refractivity contribution in [1.82, 2.24) is 9.88 Å². The third-order valence-electron chi connectivity index (χ3n) is 4.82. The summed E-state index contributed by atoms with van der Waals surface area (Å²) in [5, 5.41) is 28.5. The third kappa shape index (κ3) is 3.75. The molecule has 26 heavy (non-hydrogen) atoms. The smallest absolute Gasteiger partial charge is 0.103 e. The normalized spacial score (nSPS) is 15.8. The van der Waals surface area contributed by atoms with Crippen LogP contribution in [0.5, 0.6) is 0 Å². The van der Waals surface area contributed by atoms with Crippen molar-refractivity contribution in [3.8, 4) is 18.2 Å². The van der Waals surface area contributed by atoms with Crippen LogP contribution in [0.4, 0.5) is 5.69 Å². The fourth-order valence-electron chi connectivity index (χ4n) is 3.45. The van der Waals surface area contributed by atoms with Crippen molar-refractivity contribution < 1.29 is 0 Å². The highest BCUT2D eigenvalue weighted by Gasteiger charge is 2.23. The number of nitrogens with zero attached hydrogens (tertiary/aromatic N) is 6. The Bertz CT molecular complexity index is 893. The van der Waals surface area contributed by atoms with Crippen LogP contribution in [0.2, 0.25) is 0 Å². The van der Waals surface area contributed by atoms with Crippen LogP contribution in [0, 0.1) is 39.9 Å². The predicted molar refractivity (Wildman–Crippen MR) is 99.1 cm³/mol. The minimum atomic E-state index is -0.0994. The molecule has 1 aliphatic rings. The van der Waals surface area contributed by atoms with Gasteiger partial charge >= 0.3 is 0 Å². The summed E-state index contributed by atoms with van der Waals surface area (Å²) in [5.74, 6) is -0.0994. The van der Waals surface area contributed by atoms with Crippen LogP contribution < -0.4 is 4.90 Å². The van der Waals surface area contributed by atoms with Gasteiger partial charge in [-0.25, -0.2) is 0 Å². The van der Waals surface area contributed by atoms with Gasteiger partial charge in [-0.05, 0) is 12.5 Å². The molecular formula is C20H20N6. The van der Waals surface area contributed by atoms with Crippen molar-refractivity contribution in [3.05, 3.63) is 36.0 Å². The highest BCUT2D eigenvalue weighted by atomic mass is 15.3. The lowest BCUT2D eigenvalue weighted by Crippen LogP contribution is -2.48. The number of aromatic nitrogens is 1. The summed E-state index contributed by atoms with van der Waals surface area (Å²) >= 11 is 0. The van der Waals surface area contributed by atoms with E-state index in [-0.39, 0.29) is 5.92 Å². The van der Waals surface area contributed by atoms with Crippen molar-refractivity contribution in [2.45, 2.75) is 12.8 Å². The van der Waals surface area contributed by atoms with Gasteiger partial charge in [0.15, 0.2) is 0 Å². The SMILES string of the molecule is N#CCC[C@H](C#N)CN1CCN(c2c(C#N)cnc3ccccc23)CC1. The Labute approximate surface area is 153 Å². The molecule has 1 aromatic heterocycles. The zero-order valence-electron chi connectivity index (χ0n) is 14.6. The van der Waals surface area contributed by atoms with E-state index in [1.54, 1.807) is 6.20 Å². The summed E-state index contributed by atoms with van der Waals surface area (Å²) in [5.41, 5.74) is 2.45. The molecule has 2 aromatic rings. The molecule has 1 aromatic carbocycles. The van der Waals surface area contributed by atoms with Crippen molar-refractivity contribution in [2.24, 2.45) is 5.92 Å². The number of piperazine rings is 1. The average Bonchev–Trinajstić information content (AvgIpc) is 2.70. The van der Waals surface area contributed by atoms with E-state index >= 15 is 0 Å². The summed E-state index contributed by atoms with van der Waals surface area (Å²) in [6.07, 6.45) is 2.70. The Kier molecular flexibility index (Phi) is 5.64. The highest BCUT2D eigenvalue weighted by molar-refractivity contribution is 5.94. The second-order valence-electron chi connectivity index (χ2n) is 6.46. The minimum Gasteiger partial charge on any atom is -0.367 e. The van der Waals surface area contributed by atoms with Gasteiger partial charge in [0, 0.05) is 50.7 Å². The largest absolute Gasteiger partial charge is 0.367 e. The van der Waals surface area contributed by atoms with Gasteiger partial charge in [0.05, 0.1) is 34.8 Å². The van der Waals surface area contributed by atoms with Crippen LogP contribution in [0.15, 0.2) is 30.5 Å². The van der Waals surface area contributed by atoms with E-state index in [1.165, 1.54) is 0 Å². The standard InChI is InChI=1S/C20H20N6/c21-7-3-4-16(12-22)15-25-8-10-26(11-9-25)20-17(13-23)14-24-19-6-2-1-5-18(19)20/h1-2,5-6,14,16H,3-4,8-11,15H2/t16-/m1/s1. The maximum absolute atomic E-state index is 9.50. The monoisotopic (exact) mass is 344 g/mol. The molecule has 1 saturated heterocycles. The van der Waals surface area contributed by atoms with Gasteiger partial charge in [-0.3, -0.25) is 9.88 Å². The molecule has 0 radical (unpaired) electrons. The number of nitriles is 3. The Morgan fingerprint density at radius 2 is 1.85 bits per heavy atom. The van der Waals surface area contributed by atoms with Crippen molar-refractivity contribution in [2.75, 3.05) is 37.6 Å². The molecule has 0 N–H and O–H groups in total. The van der Waals surface area contributed by atoms with Gasteiger partial charge in [0.25, 0.3) is 0 Å². The van der Waals surface area contributed by atoms with Crippen molar-refractivity contribution in [1.29, 1.82) is 15.8 Å². The number of benzene rings is 1. The molecule has 1 fully saturated rings. The first-order valence-corrected chi connectivity index (χ1v) is 8.78. The van der Waals surface area contributed by atoms with Crippen LogP contribution in [0.25, 0.3) is 10.9 Å². The number of hydrogen-bond donors (Lipinski definition) is 0. The molecule has 2 heterocycles. The molecule has 1 atom stereocenters. The second kappa shape index (κ2) is 8.30. The summed E-state index contributed by atoms with van der Waals surface area (Å²) in [7, 11) is 0. The van der Waals surface area contributed by atoms with E-state index in [9.17, 15) is 10.5 Å². The minimum absolute atomic E-state index is 0.0994. The van der Waals surface area contributed by atoms with Gasteiger partial charge in [-0.2, -0.15) is 15.8 Å². The van der Waals surface area contributed by atoms with Gasteiger partial charge in [-0.1, -0.05) is 18.2 Å². The predicted octanol–water partition coefficient (Wildman–Crippen LogP) is 2.67. The molecule has 130 valence electrons. The summed E-state index contributed by atoms with van der Waals surface area (Å²) in [6.45, 7) is 3.99. The molecule has 3 rings (SSSR count). The molecule has 6 nitrogen and oxygen atoms in total. The number of para-hydroxylation sites is 1. The topological polar surface area (TPSA) is 90.7 Å². The third-order valence-corrected chi connectivity index (χ3v) is 4.82. The Balaban J connectivity index is 1.73. The molecule has 0 aliphatic carbocycles. The lowest BCUT2D eigenvalue weighted by molar-refractivity contribution is 0.233. The number of anilines is 1. The van der Waals surface area contributed by atoms with Crippen LogP contribution in [-0.2, 0) is 0 Å². The Morgan fingerprint density at radius 1 is 1.08 bits per heavy atom. The Hall–Kier alpha value is -3.14. The maximum Gasteiger partial charge on any atom is 0.103 e. The number of rotatable bonds is 5. The number of fused-ring (bicyclic) bond motifs is 1. The van der Waals surface area contributed by atoms with E-state index in [0.29, 0.717) is 24.9 Å². The lowest BCUT2D eigenvalue weighted by atomic mass is 10.0. The van der Waals surface area contributed by atoms with Crippen LogP contribution in [-0.4, -0.2) is 42.6 Å². The van der Waals surface area contributed by atoms with Gasteiger partial charge in [0.1, 0.15) is 6.07 Å². The first-order valence-electron chi connectivity index (χ1n) is 8.78. The first-order chi connectivity index (χ1) is 12.8. The van der Waals surface area contributed by atoms with Crippen LogP contribution in [0.3, 0.4) is 0 Å². The van der Waals surface area contributed by atoms with Crippen molar-refractivity contribution in [3.63, 3.8) is 0 Å². The number of hydrogen-bond acceptors (Lipinski definition) is 6. The van der Waals surface area contributed by atoms with E-state index in [1.807, 2.05) is 24.3 Å². The van der Waals surface area contributed by atoms with E-state index in [4.69, 9.17) is 5.26 Å². The quantitative estimate of drug-likeness (QED) is 0.828. The zero-order valence-corrected chi connectivity index (χ0v) is 14.6. The molecule has 0 spiro atoms. The second-order valence-corrected chi connectivity index (χ2v) is 6.46. The average molecular weight is 344 g/mol. The molecular weight excluding hydrogens is 324 g/mol. The molecule has 0 saturated carbocycles. The van der Waals surface area contributed by atoms with Gasteiger partial charge in [0.2, 0.25) is 0 Å². The van der Waals surface area contributed by atoms with Gasteiger partial charge < -0.3 is 4.90 Å². The van der Waals surface area contributed by atoms with Crippen molar-refractivity contribution >= 4 is 16.6 Å². The molecule has 1 aliphatic heterocycles. The summed E-state index contributed by atoms with van der Waals surface area (Å²) < 4.78 is 0. The Morgan fingerprint density at radius 3 is 2.54 bits per heavy atom. The molecule has 0 bridgehead atoms. The fraction of sp³-hybridized carbons (Fsp3) is 0.400. The molecule has 6 heteroatoms. The lowest BCUT2D eigenvalue weighted by Gasteiger charge is -2.37. The highest BCUT2D eigenvalue weighted by Crippen LogP contribution is 2.30.